The van der Waals surface area contributed by atoms with Crippen molar-refractivity contribution < 1.29 is 19.1 Å². The van der Waals surface area contributed by atoms with Gasteiger partial charge in [-0.2, -0.15) is 0 Å². The molecule has 7 rings (SSSR count). The first kappa shape index (κ1) is 22.9. The average molecular weight is 489 g/mol. The van der Waals surface area contributed by atoms with E-state index < -0.39 is 0 Å². The van der Waals surface area contributed by atoms with Crippen molar-refractivity contribution in [3.8, 4) is 11.5 Å². The molecule has 8 heteroatoms. The van der Waals surface area contributed by atoms with Crippen LogP contribution in [0, 0.1) is 5.41 Å². The summed E-state index contributed by atoms with van der Waals surface area (Å²) >= 11 is 0. The fourth-order valence-electron chi connectivity index (χ4n) is 5.92. The number of carbonyl (C=O) groups excluding carboxylic acids is 2. The second-order valence-electron chi connectivity index (χ2n) is 11.0. The Morgan fingerprint density at radius 3 is 2.69 bits per heavy atom. The van der Waals surface area contributed by atoms with Crippen molar-refractivity contribution in [3.63, 3.8) is 0 Å². The zero-order valence-electron chi connectivity index (χ0n) is 20.8. The van der Waals surface area contributed by atoms with E-state index in [2.05, 4.69) is 31.3 Å². The Kier molecular flexibility index (Phi) is 5.43. The van der Waals surface area contributed by atoms with Gasteiger partial charge in [0.2, 0.25) is 5.91 Å². The number of nitrogens with one attached hydrogen (secondary N) is 1. The van der Waals surface area contributed by atoms with Crippen LogP contribution in [0.25, 0.3) is 0 Å². The van der Waals surface area contributed by atoms with Crippen molar-refractivity contribution in [2.24, 2.45) is 16.1 Å². The summed E-state index contributed by atoms with van der Waals surface area (Å²) in [5.74, 6) is 1.54. The molecule has 0 fully saturated rings. The van der Waals surface area contributed by atoms with E-state index in [1.807, 2.05) is 18.2 Å². The number of aryl methyl sites for hydroxylation is 1. The highest BCUT2D eigenvalue weighted by molar-refractivity contribution is 5.99. The van der Waals surface area contributed by atoms with E-state index in [1.54, 1.807) is 11.0 Å². The second-order valence-corrected chi connectivity index (χ2v) is 11.0. The molecular formula is C28H32N4O4. The number of hydrogen-bond acceptors (Lipinski definition) is 6. The third-order valence-corrected chi connectivity index (χ3v) is 7.88. The number of ether oxygens (including phenoxy) is 2. The molecule has 3 atom stereocenters. The SMILES string of the molecule is CC1(C)COc2ccc3cc2C1NC(=O)c1ccc2c(c1)[C@@H](CCO2)N1C(=O)CC(CCC3)N=C1N. The van der Waals surface area contributed by atoms with Crippen molar-refractivity contribution in [2.75, 3.05) is 13.2 Å². The molecule has 0 aromatic heterocycles. The maximum atomic E-state index is 13.6. The van der Waals surface area contributed by atoms with E-state index >= 15 is 0 Å². The van der Waals surface area contributed by atoms with Gasteiger partial charge in [-0.05, 0) is 49.1 Å². The Labute approximate surface area is 210 Å². The molecule has 8 nitrogen and oxygen atoms in total. The van der Waals surface area contributed by atoms with E-state index in [9.17, 15) is 9.59 Å². The number of amides is 2. The van der Waals surface area contributed by atoms with Crippen molar-refractivity contribution in [1.29, 1.82) is 0 Å². The van der Waals surface area contributed by atoms with Gasteiger partial charge in [0.05, 0.1) is 31.3 Å². The van der Waals surface area contributed by atoms with Gasteiger partial charge in [0.15, 0.2) is 5.96 Å². The molecule has 5 aliphatic heterocycles. The monoisotopic (exact) mass is 488 g/mol. The van der Waals surface area contributed by atoms with Gasteiger partial charge in [0, 0.05) is 34.9 Å². The first-order valence-electron chi connectivity index (χ1n) is 12.8. The fraction of sp³-hybridized carbons (Fsp3) is 0.464. The molecule has 5 heterocycles. The van der Waals surface area contributed by atoms with Crippen molar-refractivity contribution in [1.82, 2.24) is 10.2 Å². The molecule has 0 radical (unpaired) electrons. The summed E-state index contributed by atoms with van der Waals surface area (Å²) in [6.07, 6.45) is 3.45. The lowest BCUT2D eigenvalue weighted by molar-refractivity contribution is -0.130. The molecule has 2 unspecified atom stereocenters. The highest BCUT2D eigenvalue weighted by atomic mass is 16.5. The average Bonchev–Trinajstić information content (AvgIpc) is 2.85. The quantitative estimate of drug-likeness (QED) is 0.589. The number of hydrogen-bond donors (Lipinski definition) is 2. The predicted octanol–water partition coefficient (Wildman–Crippen LogP) is 3.65. The minimum Gasteiger partial charge on any atom is -0.493 e. The van der Waals surface area contributed by atoms with Gasteiger partial charge in [-0.25, -0.2) is 4.99 Å². The molecule has 5 aliphatic rings. The fourth-order valence-corrected chi connectivity index (χ4v) is 5.92. The third kappa shape index (κ3) is 3.88. The normalized spacial score (nSPS) is 26.8. The highest BCUT2D eigenvalue weighted by Crippen LogP contribution is 2.44. The van der Waals surface area contributed by atoms with Gasteiger partial charge < -0.3 is 20.5 Å². The zero-order chi connectivity index (χ0) is 25.0. The molecule has 2 aromatic carbocycles. The van der Waals surface area contributed by atoms with E-state index in [1.165, 1.54) is 5.56 Å². The van der Waals surface area contributed by atoms with E-state index in [-0.39, 0.29) is 41.3 Å². The van der Waals surface area contributed by atoms with E-state index in [4.69, 9.17) is 20.2 Å². The Morgan fingerprint density at radius 2 is 1.86 bits per heavy atom. The van der Waals surface area contributed by atoms with Crippen LogP contribution in [0.5, 0.6) is 11.5 Å². The molecule has 0 aliphatic carbocycles. The van der Waals surface area contributed by atoms with Crippen LogP contribution in [0.3, 0.4) is 0 Å². The van der Waals surface area contributed by atoms with Gasteiger partial charge >= 0.3 is 0 Å². The smallest absolute Gasteiger partial charge is 0.251 e. The minimum atomic E-state index is -0.310. The minimum absolute atomic E-state index is 0.0268. The Morgan fingerprint density at radius 1 is 1.06 bits per heavy atom. The Hall–Kier alpha value is -3.55. The van der Waals surface area contributed by atoms with Crippen LogP contribution < -0.4 is 20.5 Å². The molecule has 0 saturated heterocycles. The van der Waals surface area contributed by atoms with Crippen molar-refractivity contribution in [2.45, 2.75) is 64.1 Å². The zero-order valence-corrected chi connectivity index (χ0v) is 20.8. The van der Waals surface area contributed by atoms with Crippen LogP contribution in [0.2, 0.25) is 0 Å². The second kappa shape index (κ2) is 8.54. The van der Waals surface area contributed by atoms with E-state index in [0.717, 1.165) is 36.1 Å². The summed E-state index contributed by atoms with van der Waals surface area (Å²) in [7, 11) is 0. The van der Waals surface area contributed by atoms with Gasteiger partial charge in [-0.15, -0.1) is 0 Å². The lowest BCUT2D eigenvalue weighted by Gasteiger charge is -2.40. The Bertz CT molecular complexity index is 1270. The molecular weight excluding hydrogens is 456 g/mol. The molecule has 3 N–H and O–H groups in total. The summed E-state index contributed by atoms with van der Waals surface area (Å²) in [6, 6.07) is 11.0. The molecule has 2 aromatic rings. The lowest BCUT2D eigenvalue weighted by atomic mass is 9.78. The number of rotatable bonds is 0. The standard InChI is InChI=1S/C28H32N4O4/c1-28(2)15-36-23-8-6-16-4-3-5-18-14-24(33)32(27(29)30-18)21-10-11-35-22-9-7-17(13-19(21)22)26(34)31-25(28)20(23)12-16/h6-9,12-13,18,21,25H,3-5,10-11,14-15H2,1-2H3,(H2,29,30)(H,31,34)/t18?,21-,25?/m1/s1. The number of benzene rings is 2. The maximum Gasteiger partial charge on any atom is 0.251 e. The first-order valence-corrected chi connectivity index (χ1v) is 12.8. The maximum absolute atomic E-state index is 13.6. The van der Waals surface area contributed by atoms with Crippen LogP contribution in [0.1, 0.15) is 78.7 Å². The molecule has 0 saturated carbocycles. The Balaban J connectivity index is 1.46. The predicted molar refractivity (Wildman–Crippen MR) is 135 cm³/mol. The summed E-state index contributed by atoms with van der Waals surface area (Å²) < 4.78 is 12.0. The summed E-state index contributed by atoms with van der Waals surface area (Å²) in [5, 5.41) is 3.29. The summed E-state index contributed by atoms with van der Waals surface area (Å²) in [6.45, 7) is 5.21. The van der Waals surface area contributed by atoms with Gasteiger partial charge in [-0.1, -0.05) is 26.0 Å². The number of carbonyl (C=O) groups is 2. The van der Waals surface area contributed by atoms with Crippen LogP contribution >= 0.6 is 0 Å². The van der Waals surface area contributed by atoms with Crippen LogP contribution in [0.4, 0.5) is 0 Å². The van der Waals surface area contributed by atoms with Crippen molar-refractivity contribution in [3.05, 3.63) is 58.7 Å². The highest BCUT2D eigenvalue weighted by Gasteiger charge is 2.40. The number of nitrogens with zero attached hydrogens (tertiary/aromatic N) is 2. The summed E-state index contributed by atoms with van der Waals surface area (Å²) in [5.41, 5.74) is 9.57. The number of fused-ring (bicyclic) bond motifs is 4. The van der Waals surface area contributed by atoms with Crippen LogP contribution in [-0.4, -0.2) is 41.9 Å². The number of guanidine groups is 1. The largest absolute Gasteiger partial charge is 0.493 e. The molecule has 0 spiro atoms. The topological polar surface area (TPSA) is 106 Å². The van der Waals surface area contributed by atoms with Crippen LogP contribution in [-0.2, 0) is 11.2 Å². The number of nitrogens with two attached hydrogens (primary N) is 1. The summed E-state index contributed by atoms with van der Waals surface area (Å²) in [4.78, 5) is 33.2. The van der Waals surface area contributed by atoms with E-state index in [0.29, 0.717) is 37.4 Å². The van der Waals surface area contributed by atoms with Crippen molar-refractivity contribution >= 4 is 17.8 Å². The third-order valence-electron chi connectivity index (χ3n) is 7.88. The lowest BCUT2D eigenvalue weighted by Crippen LogP contribution is -2.50. The molecule has 2 amide bonds. The van der Waals surface area contributed by atoms with Crippen LogP contribution in [0.15, 0.2) is 41.4 Å². The molecule has 36 heavy (non-hydrogen) atoms. The van der Waals surface area contributed by atoms with Gasteiger partial charge in [0.25, 0.3) is 5.91 Å². The number of aliphatic imine (C=N–C) groups is 1. The van der Waals surface area contributed by atoms with Gasteiger partial charge in [0.1, 0.15) is 11.5 Å². The first-order chi connectivity index (χ1) is 17.3. The molecule has 6 bridgehead atoms. The van der Waals surface area contributed by atoms with Gasteiger partial charge in [-0.3, -0.25) is 14.5 Å². The molecule has 188 valence electrons.